The Kier molecular flexibility index (Phi) is 2.18. The maximum absolute atomic E-state index is 10.6. The molecule has 80 valence electrons. The molecule has 0 aliphatic carbocycles. The zero-order valence-electron chi connectivity index (χ0n) is 8.91. The quantitative estimate of drug-likeness (QED) is 0.805. The van der Waals surface area contributed by atoms with Crippen molar-refractivity contribution in [1.82, 2.24) is 0 Å². The van der Waals surface area contributed by atoms with Crippen molar-refractivity contribution in [2.24, 2.45) is 0 Å². The van der Waals surface area contributed by atoms with Crippen molar-refractivity contribution in [1.29, 1.82) is 0 Å². The highest BCUT2D eigenvalue weighted by atomic mass is 16.5. The van der Waals surface area contributed by atoms with Crippen LogP contribution in [-0.2, 0) is 17.6 Å². The van der Waals surface area contributed by atoms with Crippen LogP contribution in [0.1, 0.15) is 25.0 Å². The molecule has 1 aromatic rings. The molecule has 1 heterocycles. The van der Waals surface area contributed by atoms with Gasteiger partial charge in [-0.2, -0.15) is 0 Å². The number of hydrogen-bond acceptors (Lipinski definition) is 2. The van der Waals surface area contributed by atoms with Crippen LogP contribution < -0.4 is 4.74 Å². The Morgan fingerprint density at radius 3 is 2.93 bits per heavy atom. The Morgan fingerprint density at radius 2 is 2.27 bits per heavy atom. The topological polar surface area (TPSA) is 46.5 Å². The molecular formula is C12H14O3. The first-order valence-electron chi connectivity index (χ1n) is 4.99. The monoisotopic (exact) mass is 206 g/mol. The Labute approximate surface area is 88.7 Å². The first-order valence-corrected chi connectivity index (χ1v) is 4.99. The molecule has 0 amide bonds. The van der Waals surface area contributed by atoms with Crippen LogP contribution in [0.25, 0.3) is 0 Å². The summed E-state index contributed by atoms with van der Waals surface area (Å²) < 4.78 is 5.72. The maximum Gasteiger partial charge on any atom is 0.307 e. The van der Waals surface area contributed by atoms with Gasteiger partial charge in [-0.1, -0.05) is 12.1 Å². The fourth-order valence-electron chi connectivity index (χ4n) is 1.92. The predicted octanol–water partition coefficient (Wildman–Crippen LogP) is 2.03. The fraction of sp³-hybridized carbons (Fsp3) is 0.417. The zero-order chi connectivity index (χ0) is 11.1. The van der Waals surface area contributed by atoms with E-state index in [-0.39, 0.29) is 12.0 Å². The molecule has 0 atom stereocenters. The summed E-state index contributed by atoms with van der Waals surface area (Å²) in [7, 11) is 0. The van der Waals surface area contributed by atoms with E-state index in [4.69, 9.17) is 9.84 Å². The minimum atomic E-state index is -0.813. The Hall–Kier alpha value is -1.51. The normalized spacial score (nSPS) is 16.9. The molecule has 0 radical (unpaired) electrons. The second-order valence-electron chi connectivity index (χ2n) is 4.55. The first kappa shape index (κ1) is 10.0. The van der Waals surface area contributed by atoms with Crippen molar-refractivity contribution in [3.8, 4) is 5.75 Å². The van der Waals surface area contributed by atoms with Crippen molar-refractivity contribution >= 4 is 5.97 Å². The second-order valence-corrected chi connectivity index (χ2v) is 4.55. The highest BCUT2D eigenvalue weighted by Crippen LogP contribution is 2.35. The molecule has 1 N–H and O–H groups in total. The summed E-state index contributed by atoms with van der Waals surface area (Å²) >= 11 is 0. The molecule has 2 rings (SSSR count). The molecule has 0 spiro atoms. The number of aliphatic carboxylic acids is 1. The van der Waals surface area contributed by atoms with Crippen LogP contribution in [0.15, 0.2) is 18.2 Å². The molecule has 3 nitrogen and oxygen atoms in total. The lowest BCUT2D eigenvalue weighted by molar-refractivity contribution is -0.136. The largest absolute Gasteiger partial charge is 0.487 e. The van der Waals surface area contributed by atoms with Crippen molar-refractivity contribution in [2.45, 2.75) is 32.3 Å². The molecule has 1 aromatic carbocycles. The summed E-state index contributed by atoms with van der Waals surface area (Å²) in [4.78, 5) is 10.6. The third kappa shape index (κ3) is 2.12. The van der Waals surface area contributed by atoms with E-state index in [1.165, 1.54) is 0 Å². The summed E-state index contributed by atoms with van der Waals surface area (Å²) in [5.74, 6) is 0.0194. The van der Waals surface area contributed by atoms with Crippen molar-refractivity contribution in [3.05, 3.63) is 29.3 Å². The highest BCUT2D eigenvalue weighted by Gasteiger charge is 2.29. The van der Waals surface area contributed by atoms with E-state index in [1.54, 1.807) is 0 Å². The molecule has 0 saturated heterocycles. The standard InChI is InChI=1S/C12H14O3/c1-12(2)7-9-4-3-8(6-11(13)14)5-10(9)15-12/h3-5H,6-7H2,1-2H3,(H,13,14). The summed E-state index contributed by atoms with van der Waals surface area (Å²) in [6, 6.07) is 5.65. The molecule has 3 heteroatoms. The van der Waals surface area contributed by atoms with Crippen molar-refractivity contribution < 1.29 is 14.6 Å². The Morgan fingerprint density at radius 1 is 1.53 bits per heavy atom. The number of ether oxygens (including phenoxy) is 1. The van der Waals surface area contributed by atoms with E-state index in [0.29, 0.717) is 0 Å². The van der Waals surface area contributed by atoms with Gasteiger partial charge in [0.15, 0.2) is 0 Å². The van der Waals surface area contributed by atoms with Crippen LogP contribution in [0.2, 0.25) is 0 Å². The Balaban J connectivity index is 2.26. The first-order chi connectivity index (χ1) is 6.96. The van der Waals surface area contributed by atoms with Crippen LogP contribution in [-0.4, -0.2) is 16.7 Å². The van der Waals surface area contributed by atoms with Gasteiger partial charge in [0, 0.05) is 6.42 Å². The van der Waals surface area contributed by atoms with Gasteiger partial charge in [-0.05, 0) is 31.0 Å². The lowest BCUT2D eigenvalue weighted by atomic mass is 10.0. The molecule has 1 aliphatic rings. The number of hydrogen-bond donors (Lipinski definition) is 1. The van der Waals surface area contributed by atoms with Gasteiger partial charge in [-0.25, -0.2) is 0 Å². The van der Waals surface area contributed by atoms with E-state index in [9.17, 15) is 4.79 Å². The minimum absolute atomic E-state index is 0.0526. The molecular weight excluding hydrogens is 192 g/mol. The second kappa shape index (κ2) is 3.26. The van der Waals surface area contributed by atoms with Crippen LogP contribution in [0.4, 0.5) is 0 Å². The van der Waals surface area contributed by atoms with Gasteiger partial charge >= 0.3 is 5.97 Å². The van der Waals surface area contributed by atoms with Gasteiger partial charge in [0.2, 0.25) is 0 Å². The number of carboxylic acids is 1. The number of carbonyl (C=O) groups is 1. The van der Waals surface area contributed by atoms with E-state index in [2.05, 4.69) is 0 Å². The average Bonchev–Trinajstić information content (AvgIpc) is 2.36. The van der Waals surface area contributed by atoms with Gasteiger partial charge < -0.3 is 9.84 Å². The predicted molar refractivity (Wildman–Crippen MR) is 56.2 cm³/mol. The van der Waals surface area contributed by atoms with Crippen LogP contribution in [0.3, 0.4) is 0 Å². The smallest absolute Gasteiger partial charge is 0.307 e. The van der Waals surface area contributed by atoms with Gasteiger partial charge in [-0.3, -0.25) is 4.79 Å². The van der Waals surface area contributed by atoms with E-state index < -0.39 is 5.97 Å². The third-order valence-corrected chi connectivity index (χ3v) is 2.49. The van der Waals surface area contributed by atoms with Gasteiger partial charge in [0.25, 0.3) is 0 Å². The van der Waals surface area contributed by atoms with Crippen LogP contribution in [0.5, 0.6) is 5.75 Å². The molecule has 0 bridgehead atoms. The number of benzene rings is 1. The average molecular weight is 206 g/mol. The minimum Gasteiger partial charge on any atom is -0.487 e. The molecule has 0 fully saturated rings. The molecule has 1 aliphatic heterocycles. The van der Waals surface area contributed by atoms with E-state index in [1.807, 2.05) is 32.0 Å². The Bertz CT molecular complexity index is 407. The maximum atomic E-state index is 10.6. The number of rotatable bonds is 2. The highest BCUT2D eigenvalue weighted by molar-refractivity contribution is 5.70. The van der Waals surface area contributed by atoms with Crippen LogP contribution in [0, 0.1) is 0 Å². The summed E-state index contributed by atoms with van der Waals surface area (Å²) in [5, 5.41) is 8.68. The molecule has 0 aromatic heterocycles. The van der Waals surface area contributed by atoms with E-state index >= 15 is 0 Å². The summed E-state index contributed by atoms with van der Waals surface area (Å²) in [6.07, 6.45) is 0.937. The van der Waals surface area contributed by atoms with Gasteiger partial charge in [-0.15, -0.1) is 0 Å². The molecule has 15 heavy (non-hydrogen) atoms. The van der Waals surface area contributed by atoms with Gasteiger partial charge in [0.1, 0.15) is 11.4 Å². The SMILES string of the molecule is CC1(C)Cc2ccc(CC(=O)O)cc2O1. The van der Waals surface area contributed by atoms with E-state index in [0.717, 1.165) is 23.3 Å². The third-order valence-electron chi connectivity index (χ3n) is 2.49. The molecule has 0 unspecified atom stereocenters. The lowest BCUT2D eigenvalue weighted by Gasteiger charge is -2.16. The zero-order valence-corrected chi connectivity index (χ0v) is 8.91. The van der Waals surface area contributed by atoms with Crippen molar-refractivity contribution in [3.63, 3.8) is 0 Å². The molecule has 0 saturated carbocycles. The fourth-order valence-corrected chi connectivity index (χ4v) is 1.92. The van der Waals surface area contributed by atoms with Crippen molar-refractivity contribution in [2.75, 3.05) is 0 Å². The summed E-state index contributed by atoms with van der Waals surface area (Å²) in [6.45, 7) is 4.06. The van der Waals surface area contributed by atoms with Crippen LogP contribution >= 0.6 is 0 Å². The number of fused-ring (bicyclic) bond motifs is 1. The lowest BCUT2D eigenvalue weighted by Crippen LogP contribution is -2.24. The summed E-state index contributed by atoms with van der Waals surface area (Å²) in [5.41, 5.74) is 1.79. The number of carboxylic acid groups (broad SMARTS) is 1. The van der Waals surface area contributed by atoms with Gasteiger partial charge in [0.05, 0.1) is 6.42 Å².